The Balaban J connectivity index is 1.58. The lowest BCUT2D eigenvalue weighted by atomic mass is 10.1. The highest BCUT2D eigenvalue weighted by Crippen LogP contribution is 2.32. The summed E-state index contributed by atoms with van der Waals surface area (Å²) in [4.78, 5) is 17.9. The number of thiazole rings is 1. The summed E-state index contributed by atoms with van der Waals surface area (Å²) in [5, 5.41) is 8.50. The number of aryl methyl sites for hydroxylation is 2. The fraction of sp³-hybridized carbons (Fsp3) is 0.412. The fourth-order valence-electron chi connectivity index (χ4n) is 2.50. The van der Waals surface area contributed by atoms with Gasteiger partial charge in [-0.25, -0.2) is 4.98 Å². The van der Waals surface area contributed by atoms with Crippen LogP contribution in [0.1, 0.15) is 17.7 Å². The van der Waals surface area contributed by atoms with Crippen LogP contribution in [0.4, 0.5) is 5.69 Å². The molecular weight excluding hydrogens is 358 g/mol. The number of anilines is 1. The molecule has 7 heteroatoms. The maximum absolute atomic E-state index is 12.2. The Hall–Kier alpha value is -1.02. The number of amides is 1. The highest BCUT2D eigenvalue weighted by Gasteiger charge is 2.17. The molecule has 0 bridgehead atoms. The Morgan fingerprint density at radius 3 is 3.00 bits per heavy atom. The Morgan fingerprint density at radius 2 is 2.33 bits per heavy atom. The van der Waals surface area contributed by atoms with Crippen molar-refractivity contribution in [2.75, 3.05) is 23.4 Å². The second-order valence-corrected chi connectivity index (χ2v) is 9.14. The first-order valence-electron chi connectivity index (χ1n) is 7.92. The molecule has 24 heavy (non-hydrogen) atoms. The van der Waals surface area contributed by atoms with Gasteiger partial charge in [0.15, 0.2) is 4.34 Å². The minimum absolute atomic E-state index is 0.0778. The molecule has 2 aromatic rings. The maximum atomic E-state index is 12.2. The number of benzene rings is 1. The van der Waals surface area contributed by atoms with Crippen LogP contribution in [0.2, 0.25) is 0 Å². The Morgan fingerprint density at radius 1 is 1.46 bits per heavy atom. The van der Waals surface area contributed by atoms with E-state index < -0.39 is 0 Å². The van der Waals surface area contributed by atoms with E-state index in [9.17, 15) is 4.79 Å². The lowest BCUT2D eigenvalue weighted by molar-refractivity contribution is -0.116. The quantitative estimate of drug-likeness (QED) is 0.824. The first-order valence-corrected chi connectivity index (χ1v) is 10.8. The van der Waals surface area contributed by atoms with Gasteiger partial charge in [0.2, 0.25) is 5.91 Å². The van der Waals surface area contributed by atoms with Gasteiger partial charge in [0.1, 0.15) is 0 Å². The molecule has 0 saturated carbocycles. The third-order valence-corrected chi connectivity index (χ3v) is 6.88. The Labute approximate surface area is 155 Å². The SMILES string of the molecule is Cc1csc(Sc2ccc(NC(=O)CC3CSCCN3)c(C)c2)n1. The average Bonchev–Trinajstić information content (AvgIpc) is 2.96. The molecule has 4 nitrogen and oxygen atoms in total. The van der Waals surface area contributed by atoms with Gasteiger partial charge in [-0.3, -0.25) is 4.79 Å². The molecule has 0 radical (unpaired) electrons. The van der Waals surface area contributed by atoms with Crippen LogP contribution < -0.4 is 10.6 Å². The lowest BCUT2D eigenvalue weighted by Gasteiger charge is -2.22. The molecule has 0 aliphatic carbocycles. The van der Waals surface area contributed by atoms with Crippen LogP contribution in [0.15, 0.2) is 32.8 Å². The van der Waals surface area contributed by atoms with E-state index in [-0.39, 0.29) is 11.9 Å². The van der Waals surface area contributed by atoms with Crippen LogP contribution in [0, 0.1) is 13.8 Å². The predicted octanol–water partition coefficient (Wildman–Crippen LogP) is 3.94. The van der Waals surface area contributed by atoms with Gasteiger partial charge in [0, 0.05) is 52.2 Å². The molecule has 128 valence electrons. The zero-order valence-electron chi connectivity index (χ0n) is 13.8. The van der Waals surface area contributed by atoms with Crippen LogP contribution in [0.5, 0.6) is 0 Å². The zero-order valence-corrected chi connectivity index (χ0v) is 16.2. The third kappa shape index (κ3) is 4.99. The van der Waals surface area contributed by atoms with Gasteiger partial charge in [-0.2, -0.15) is 11.8 Å². The van der Waals surface area contributed by atoms with Crippen LogP contribution in [-0.2, 0) is 4.79 Å². The molecule has 3 rings (SSSR count). The van der Waals surface area contributed by atoms with Crippen molar-refractivity contribution < 1.29 is 4.79 Å². The molecule has 1 aromatic carbocycles. The molecule has 1 aliphatic rings. The number of thioether (sulfide) groups is 1. The van der Waals surface area contributed by atoms with E-state index in [1.807, 2.05) is 37.7 Å². The van der Waals surface area contributed by atoms with Crippen LogP contribution >= 0.6 is 34.9 Å². The van der Waals surface area contributed by atoms with E-state index in [2.05, 4.69) is 27.1 Å². The average molecular weight is 380 g/mol. The standard InChI is InChI=1S/C17H21N3OS3/c1-11-7-14(24-17-19-12(2)9-23-17)3-4-15(11)20-16(21)8-13-10-22-6-5-18-13/h3-4,7,9,13,18H,5-6,8,10H2,1-2H3,(H,20,21). The summed E-state index contributed by atoms with van der Waals surface area (Å²) in [5.41, 5.74) is 3.02. The number of carbonyl (C=O) groups excluding carboxylic acids is 1. The minimum Gasteiger partial charge on any atom is -0.326 e. The van der Waals surface area contributed by atoms with Gasteiger partial charge in [-0.15, -0.1) is 11.3 Å². The lowest BCUT2D eigenvalue weighted by Crippen LogP contribution is -2.39. The summed E-state index contributed by atoms with van der Waals surface area (Å²) >= 11 is 5.23. The van der Waals surface area contributed by atoms with Gasteiger partial charge < -0.3 is 10.6 Å². The minimum atomic E-state index is 0.0778. The molecule has 2 heterocycles. The van der Waals surface area contributed by atoms with Crippen molar-refractivity contribution in [3.8, 4) is 0 Å². The maximum Gasteiger partial charge on any atom is 0.225 e. The van der Waals surface area contributed by atoms with E-state index in [0.29, 0.717) is 6.42 Å². The van der Waals surface area contributed by atoms with E-state index in [1.165, 1.54) is 0 Å². The number of carbonyl (C=O) groups is 1. The zero-order chi connectivity index (χ0) is 16.9. The summed E-state index contributed by atoms with van der Waals surface area (Å²) in [6.07, 6.45) is 0.529. The smallest absolute Gasteiger partial charge is 0.225 e. The van der Waals surface area contributed by atoms with Crippen molar-refractivity contribution in [1.82, 2.24) is 10.3 Å². The van der Waals surface area contributed by atoms with Crippen molar-refractivity contribution in [2.45, 2.75) is 35.5 Å². The van der Waals surface area contributed by atoms with Crippen molar-refractivity contribution in [1.29, 1.82) is 0 Å². The van der Waals surface area contributed by atoms with E-state index in [1.54, 1.807) is 23.1 Å². The first kappa shape index (κ1) is 17.8. The van der Waals surface area contributed by atoms with Gasteiger partial charge in [-0.1, -0.05) is 11.8 Å². The van der Waals surface area contributed by atoms with Gasteiger partial charge in [-0.05, 0) is 37.6 Å². The number of hydrogen-bond acceptors (Lipinski definition) is 6. The second-order valence-electron chi connectivity index (χ2n) is 5.81. The molecular formula is C17H21N3OS3. The van der Waals surface area contributed by atoms with E-state index in [4.69, 9.17) is 0 Å². The predicted molar refractivity (Wildman–Crippen MR) is 105 cm³/mol. The van der Waals surface area contributed by atoms with Crippen molar-refractivity contribution >= 4 is 46.5 Å². The van der Waals surface area contributed by atoms with Crippen molar-refractivity contribution in [2.24, 2.45) is 0 Å². The topological polar surface area (TPSA) is 54.0 Å². The van der Waals surface area contributed by atoms with Gasteiger partial charge >= 0.3 is 0 Å². The number of rotatable bonds is 5. The summed E-state index contributed by atoms with van der Waals surface area (Å²) in [6, 6.07) is 6.41. The number of aromatic nitrogens is 1. The third-order valence-electron chi connectivity index (χ3n) is 3.71. The molecule has 1 atom stereocenters. The molecule has 1 amide bonds. The Bertz CT molecular complexity index is 711. The summed E-state index contributed by atoms with van der Waals surface area (Å²) < 4.78 is 1.05. The molecule has 1 fully saturated rings. The molecule has 1 aliphatic heterocycles. The number of nitrogens with one attached hydrogen (secondary N) is 2. The summed E-state index contributed by atoms with van der Waals surface area (Å²) in [7, 11) is 0. The monoisotopic (exact) mass is 379 g/mol. The Kier molecular flexibility index (Phi) is 6.21. The fourth-order valence-corrected chi connectivity index (χ4v) is 5.35. The molecule has 2 N–H and O–H groups in total. The second kappa shape index (κ2) is 8.38. The van der Waals surface area contributed by atoms with Gasteiger partial charge in [0.05, 0.1) is 0 Å². The van der Waals surface area contributed by atoms with Crippen LogP contribution in [-0.4, -0.2) is 35.0 Å². The summed E-state index contributed by atoms with van der Waals surface area (Å²) in [6.45, 7) is 5.02. The highest BCUT2D eigenvalue weighted by molar-refractivity contribution is 8.01. The van der Waals surface area contributed by atoms with Gasteiger partial charge in [0.25, 0.3) is 0 Å². The normalized spacial score (nSPS) is 17.7. The summed E-state index contributed by atoms with van der Waals surface area (Å²) in [5.74, 6) is 2.22. The molecule has 1 saturated heterocycles. The molecule has 0 spiro atoms. The van der Waals surface area contributed by atoms with E-state index in [0.717, 1.165) is 44.2 Å². The van der Waals surface area contributed by atoms with Crippen molar-refractivity contribution in [3.63, 3.8) is 0 Å². The molecule has 1 aromatic heterocycles. The van der Waals surface area contributed by atoms with E-state index >= 15 is 0 Å². The number of hydrogen-bond donors (Lipinski definition) is 2. The highest BCUT2D eigenvalue weighted by atomic mass is 32.2. The largest absolute Gasteiger partial charge is 0.326 e. The first-order chi connectivity index (χ1) is 11.6. The van der Waals surface area contributed by atoms with Crippen LogP contribution in [0.3, 0.4) is 0 Å². The van der Waals surface area contributed by atoms with Crippen LogP contribution in [0.25, 0.3) is 0 Å². The number of nitrogens with zero attached hydrogens (tertiary/aromatic N) is 1. The van der Waals surface area contributed by atoms with Crippen molar-refractivity contribution in [3.05, 3.63) is 34.8 Å². The molecule has 1 unspecified atom stereocenters.